The minimum absolute atomic E-state index is 1.11. The second kappa shape index (κ2) is 8.06. The molecule has 0 saturated heterocycles. The summed E-state index contributed by atoms with van der Waals surface area (Å²) in [5.41, 5.74) is 0. The van der Waals surface area contributed by atoms with Crippen molar-refractivity contribution in [3.05, 3.63) is 72.9 Å². The van der Waals surface area contributed by atoms with E-state index in [1.165, 1.54) is 0 Å². The van der Waals surface area contributed by atoms with E-state index in [2.05, 4.69) is 36.5 Å². The van der Waals surface area contributed by atoms with E-state index in [9.17, 15) is 0 Å². The van der Waals surface area contributed by atoms with Crippen LogP contribution in [0.1, 0.15) is 12.8 Å². The topological polar surface area (TPSA) is 0 Å². The van der Waals surface area contributed by atoms with Crippen LogP contribution in [0.25, 0.3) is 0 Å². The molecule has 1 aliphatic carbocycles. The molecule has 0 nitrogen and oxygen atoms in total. The van der Waals surface area contributed by atoms with Crippen molar-refractivity contribution in [1.29, 1.82) is 0 Å². The molecule has 0 atom stereocenters. The molecule has 0 amide bonds. The largest absolute Gasteiger partial charge is 0.0842 e. The summed E-state index contributed by atoms with van der Waals surface area (Å²) in [6.07, 6.45) is 27.0. The predicted octanol–water partition coefficient (Wildman–Crippen LogP) is 4.12. The quantitative estimate of drug-likeness (QED) is 0.531. The van der Waals surface area contributed by atoms with Gasteiger partial charge < -0.3 is 0 Å². The number of rotatable bonds is 0. The van der Waals surface area contributed by atoms with Gasteiger partial charge in [-0.05, 0) is 12.8 Å². The third-order valence-electron chi connectivity index (χ3n) is 1.77. The first kappa shape index (κ1) is 10.5. The first-order valence-corrected chi connectivity index (χ1v) is 4.98. The standard InChI is InChI=1S/C14H16/c1-2-4-6-8-10-12-14-13-11-9-7-5-3-1/h1-12H,13-14H2/b3-1-,4-2+,7-5+,8-6+,11-9-,12-10+. The van der Waals surface area contributed by atoms with Crippen molar-refractivity contribution in [2.24, 2.45) is 0 Å². The zero-order valence-corrected chi connectivity index (χ0v) is 8.34. The summed E-state index contributed by atoms with van der Waals surface area (Å²) in [6, 6.07) is 0. The van der Waals surface area contributed by atoms with E-state index in [4.69, 9.17) is 0 Å². The number of hydrogen-bond donors (Lipinski definition) is 0. The van der Waals surface area contributed by atoms with Gasteiger partial charge in [-0.15, -0.1) is 0 Å². The normalized spacial score (nSPS) is 30.9. The molecule has 0 heteroatoms. The Hall–Kier alpha value is -1.56. The predicted molar refractivity (Wildman–Crippen MR) is 64.1 cm³/mol. The van der Waals surface area contributed by atoms with Crippen LogP contribution in [0.3, 0.4) is 0 Å². The lowest BCUT2D eigenvalue weighted by molar-refractivity contribution is 1.05. The van der Waals surface area contributed by atoms with E-state index in [0.29, 0.717) is 0 Å². The maximum absolute atomic E-state index is 2.18. The highest BCUT2D eigenvalue weighted by atomic mass is 13.8. The van der Waals surface area contributed by atoms with Gasteiger partial charge in [0.15, 0.2) is 0 Å². The van der Waals surface area contributed by atoms with Gasteiger partial charge in [0.05, 0.1) is 0 Å². The average molecular weight is 184 g/mol. The Morgan fingerprint density at radius 3 is 1.00 bits per heavy atom. The van der Waals surface area contributed by atoms with Gasteiger partial charge in [-0.2, -0.15) is 0 Å². The van der Waals surface area contributed by atoms with Gasteiger partial charge in [-0.1, -0.05) is 72.9 Å². The molecular weight excluding hydrogens is 168 g/mol. The van der Waals surface area contributed by atoms with Crippen LogP contribution in [0.2, 0.25) is 0 Å². The fourth-order valence-electron chi connectivity index (χ4n) is 1.06. The third-order valence-corrected chi connectivity index (χ3v) is 1.77. The van der Waals surface area contributed by atoms with Crippen LogP contribution >= 0.6 is 0 Å². The van der Waals surface area contributed by atoms with Crippen LogP contribution in [0.5, 0.6) is 0 Å². The summed E-state index contributed by atoms with van der Waals surface area (Å²) >= 11 is 0. The summed E-state index contributed by atoms with van der Waals surface area (Å²) in [6.45, 7) is 0. The number of allylic oxidation sites excluding steroid dienone is 12. The van der Waals surface area contributed by atoms with Crippen LogP contribution in [-0.2, 0) is 0 Å². The molecule has 14 heavy (non-hydrogen) atoms. The molecule has 0 saturated carbocycles. The van der Waals surface area contributed by atoms with Crippen LogP contribution in [0, 0.1) is 0 Å². The molecule has 0 aromatic heterocycles. The van der Waals surface area contributed by atoms with Gasteiger partial charge >= 0.3 is 0 Å². The van der Waals surface area contributed by atoms with Crippen LogP contribution in [0.15, 0.2) is 72.9 Å². The summed E-state index contributed by atoms with van der Waals surface area (Å²) in [5.74, 6) is 0. The first-order valence-electron chi connectivity index (χ1n) is 4.98. The van der Waals surface area contributed by atoms with Gasteiger partial charge in [0, 0.05) is 0 Å². The Kier molecular flexibility index (Phi) is 6.05. The Morgan fingerprint density at radius 1 is 0.357 bits per heavy atom. The zero-order chi connectivity index (χ0) is 9.90. The van der Waals surface area contributed by atoms with Crippen molar-refractivity contribution >= 4 is 0 Å². The smallest absolute Gasteiger partial charge is 0.0313 e. The Labute approximate surface area is 86.3 Å². The molecule has 0 spiro atoms. The van der Waals surface area contributed by atoms with Crippen molar-refractivity contribution in [2.45, 2.75) is 12.8 Å². The summed E-state index contributed by atoms with van der Waals surface area (Å²) in [7, 11) is 0. The molecule has 0 bridgehead atoms. The van der Waals surface area contributed by atoms with Crippen LogP contribution < -0.4 is 0 Å². The lowest BCUT2D eigenvalue weighted by Gasteiger charge is -1.84. The second-order valence-electron chi connectivity index (χ2n) is 2.97. The first-order chi connectivity index (χ1) is 7.00. The molecule has 0 radical (unpaired) electrons. The maximum Gasteiger partial charge on any atom is -0.0313 e. The van der Waals surface area contributed by atoms with Gasteiger partial charge in [0.25, 0.3) is 0 Å². The van der Waals surface area contributed by atoms with Gasteiger partial charge in [-0.25, -0.2) is 0 Å². The lowest BCUT2D eigenvalue weighted by atomic mass is 10.2. The maximum atomic E-state index is 2.18. The highest BCUT2D eigenvalue weighted by Gasteiger charge is 1.74. The lowest BCUT2D eigenvalue weighted by Crippen LogP contribution is -1.63. The highest BCUT2D eigenvalue weighted by Crippen LogP contribution is 1.94. The Morgan fingerprint density at radius 2 is 0.643 bits per heavy atom. The SMILES string of the molecule is C1=C\C=C\C=C\C=C\CC\C=C/C=C/1. The molecule has 0 unspecified atom stereocenters. The van der Waals surface area contributed by atoms with E-state index < -0.39 is 0 Å². The fourth-order valence-corrected chi connectivity index (χ4v) is 1.06. The van der Waals surface area contributed by atoms with E-state index in [0.717, 1.165) is 12.8 Å². The Bertz CT molecular complexity index is 264. The van der Waals surface area contributed by atoms with Crippen LogP contribution in [0.4, 0.5) is 0 Å². The number of hydrogen-bond acceptors (Lipinski definition) is 0. The molecule has 0 aromatic rings. The summed E-state index contributed by atoms with van der Waals surface area (Å²) in [5, 5.41) is 0. The molecular formula is C14H16. The van der Waals surface area contributed by atoms with Crippen molar-refractivity contribution in [1.82, 2.24) is 0 Å². The van der Waals surface area contributed by atoms with Crippen molar-refractivity contribution in [3.63, 3.8) is 0 Å². The summed E-state index contributed by atoms with van der Waals surface area (Å²) < 4.78 is 0. The van der Waals surface area contributed by atoms with Crippen molar-refractivity contribution in [3.8, 4) is 0 Å². The van der Waals surface area contributed by atoms with E-state index in [-0.39, 0.29) is 0 Å². The van der Waals surface area contributed by atoms with Crippen LogP contribution in [-0.4, -0.2) is 0 Å². The highest BCUT2D eigenvalue weighted by molar-refractivity contribution is 5.19. The minimum Gasteiger partial charge on any atom is -0.0842 e. The third kappa shape index (κ3) is 6.01. The minimum atomic E-state index is 1.11. The molecule has 0 aromatic carbocycles. The second-order valence-corrected chi connectivity index (χ2v) is 2.97. The van der Waals surface area contributed by atoms with E-state index in [1.807, 2.05) is 36.5 Å². The monoisotopic (exact) mass is 184 g/mol. The molecule has 0 heterocycles. The van der Waals surface area contributed by atoms with Gasteiger partial charge in [0.2, 0.25) is 0 Å². The van der Waals surface area contributed by atoms with Gasteiger partial charge in [-0.3, -0.25) is 0 Å². The van der Waals surface area contributed by atoms with E-state index >= 15 is 0 Å². The zero-order valence-electron chi connectivity index (χ0n) is 8.34. The molecule has 0 aliphatic heterocycles. The Balaban J connectivity index is 2.56. The van der Waals surface area contributed by atoms with Gasteiger partial charge in [0.1, 0.15) is 0 Å². The molecule has 0 N–H and O–H groups in total. The molecule has 0 fully saturated rings. The fraction of sp³-hybridized carbons (Fsp3) is 0.143. The van der Waals surface area contributed by atoms with E-state index in [1.54, 1.807) is 0 Å². The van der Waals surface area contributed by atoms with Crippen molar-refractivity contribution in [2.75, 3.05) is 0 Å². The molecule has 1 aliphatic rings. The van der Waals surface area contributed by atoms with Crippen molar-refractivity contribution < 1.29 is 0 Å². The molecule has 72 valence electrons. The average Bonchev–Trinajstić information content (AvgIpc) is 2.22. The molecule has 1 rings (SSSR count). The summed E-state index contributed by atoms with van der Waals surface area (Å²) in [4.78, 5) is 0.